The Morgan fingerprint density at radius 3 is 2.63 bits per heavy atom. The van der Waals surface area contributed by atoms with Gasteiger partial charge in [-0.15, -0.1) is 0 Å². The van der Waals surface area contributed by atoms with Gasteiger partial charge in [0.1, 0.15) is 5.75 Å². The molecule has 0 aliphatic heterocycles. The van der Waals surface area contributed by atoms with E-state index in [4.69, 9.17) is 9.47 Å². The smallest absolute Gasteiger partial charge is 0.122 e. The Morgan fingerprint density at radius 1 is 1.26 bits per heavy atom. The van der Waals surface area contributed by atoms with E-state index in [1.165, 1.54) is 11.1 Å². The fourth-order valence-electron chi connectivity index (χ4n) is 1.79. The average molecular weight is 330 g/mol. The highest BCUT2D eigenvalue weighted by molar-refractivity contribution is 9.10. The quantitative estimate of drug-likeness (QED) is 0.742. The molecule has 0 saturated heterocycles. The number of ether oxygens (including phenoxy) is 2. The lowest BCUT2D eigenvalue weighted by Crippen LogP contribution is -2.26. The molecule has 0 radical (unpaired) electrons. The van der Waals surface area contributed by atoms with E-state index >= 15 is 0 Å². The van der Waals surface area contributed by atoms with Crippen LogP contribution in [0.15, 0.2) is 16.6 Å². The lowest BCUT2D eigenvalue weighted by Gasteiger charge is -2.12. The van der Waals surface area contributed by atoms with Gasteiger partial charge in [0.15, 0.2) is 0 Å². The Bertz CT molecular complexity index is 394. The molecule has 0 spiro atoms. The molecule has 0 unspecified atom stereocenters. The van der Waals surface area contributed by atoms with Gasteiger partial charge in [-0.05, 0) is 36.6 Å². The molecule has 1 rings (SSSR count). The van der Waals surface area contributed by atoms with E-state index < -0.39 is 0 Å². The zero-order valence-electron chi connectivity index (χ0n) is 12.3. The molecule has 0 fully saturated rings. The van der Waals surface area contributed by atoms with Crippen molar-refractivity contribution in [1.29, 1.82) is 0 Å². The molecule has 0 aromatic heterocycles. The summed E-state index contributed by atoms with van der Waals surface area (Å²) in [6, 6.07) is 4.68. The van der Waals surface area contributed by atoms with Crippen molar-refractivity contribution in [2.24, 2.45) is 0 Å². The second-order valence-electron chi connectivity index (χ2n) is 4.88. The number of hydrogen-bond donors (Lipinski definition) is 1. The first-order valence-electron chi connectivity index (χ1n) is 6.68. The van der Waals surface area contributed by atoms with Gasteiger partial charge in [0.05, 0.1) is 20.3 Å². The number of nitrogens with one attached hydrogen (secondary N) is 1. The van der Waals surface area contributed by atoms with Crippen LogP contribution in [0.25, 0.3) is 0 Å². The predicted octanol–water partition coefficient (Wildman–Crippen LogP) is 3.32. The standard InChI is InChI=1S/C15H24BrNO2/c1-11(2)17-6-8-19-7-5-13-10-14(16)12(3)9-15(13)18-4/h9-11,17H,5-8H2,1-4H3. The van der Waals surface area contributed by atoms with Crippen LogP contribution >= 0.6 is 15.9 Å². The van der Waals surface area contributed by atoms with Gasteiger partial charge < -0.3 is 14.8 Å². The topological polar surface area (TPSA) is 30.5 Å². The maximum Gasteiger partial charge on any atom is 0.122 e. The molecule has 0 amide bonds. The molecule has 0 aliphatic carbocycles. The zero-order chi connectivity index (χ0) is 14.3. The number of rotatable bonds is 8. The lowest BCUT2D eigenvalue weighted by atomic mass is 10.1. The van der Waals surface area contributed by atoms with Crippen LogP contribution in [0.5, 0.6) is 5.75 Å². The summed E-state index contributed by atoms with van der Waals surface area (Å²) in [7, 11) is 1.71. The molecular formula is C15H24BrNO2. The van der Waals surface area contributed by atoms with Crippen molar-refractivity contribution in [2.75, 3.05) is 26.9 Å². The van der Waals surface area contributed by atoms with E-state index in [2.05, 4.69) is 54.2 Å². The SMILES string of the molecule is COc1cc(C)c(Br)cc1CCOCCNC(C)C. The van der Waals surface area contributed by atoms with Gasteiger partial charge in [0.25, 0.3) is 0 Å². The second-order valence-corrected chi connectivity index (χ2v) is 5.74. The number of halogens is 1. The van der Waals surface area contributed by atoms with Crippen LogP contribution in [-0.4, -0.2) is 32.9 Å². The van der Waals surface area contributed by atoms with Crippen LogP contribution in [0.4, 0.5) is 0 Å². The highest BCUT2D eigenvalue weighted by Crippen LogP contribution is 2.27. The molecule has 1 N–H and O–H groups in total. The molecule has 108 valence electrons. The maximum atomic E-state index is 5.62. The fourth-order valence-corrected chi connectivity index (χ4v) is 2.18. The molecule has 0 bridgehead atoms. The Morgan fingerprint density at radius 2 is 2.00 bits per heavy atom. The molecule has 0 heterocycles. The second kappa shape index (κ2) is 8.56. The van der Waals surface area contributed by atoms with Crippen molar-refractivity contribution >= 4 is 15.9 Å². The third-order valence-corrected chi connectivity index (χ3v) is 3.73. The molecule has 3 nitrogen and oxygen atoms in total. The number of hydrogen-bond acceptors (Lipinski definition) is 3. The van der Waals surface area contributed by atoms with Crippen molar-refractivity contribution in [3.05, 3.63) is 27.7 Å². The van der Waals surface area contributed by atoms with Gasteiger partial charge in [-0.25, -0.2) is 0 Å². The van der Waals surface area contributed by atoms with Crippen molar-refractivity contribution in [2.45, 2.75) is 33.2 Å². The molecule has 0 atom stereocenters. The van der Waals surface area contributed by atoms with Gasteiger partial charge in [0, 0.05) is 17.1 Å². The predicted molar refractivity (Wildman–Crippen MR) is 83.1 cm³/mol. The van der Waals surface area contributed by atoms with Crippen LogP contribution in [0, 0.1) is 6.92 Å². The van der Waals surface area contributed by atoms with E-state index in [0.29, 0.717) is 12.6 Å². The Balaban J connectivity index is 2.38. The summed E-state index contributed by atoms with van der Waals surface area (Å²) in [4.78, 5) is 0. The van der Waals surface area contributed by atoms with Crippen molar-refractivity contribution < 1.29 is 9.47 Å². The molecular weight excluding hydrogens is 306 g/mol. The minimum Gasteiger partial charge on any atom is -0.496 e. The zero-order valence-corrected chi connectivity index (χ0v) is 13.8. The van der Waals surface area contributed by atoms with Gasteiger partial charge in [-0.3, -0.25) is 0 Å². The summed E-state index contributed by atoms with van der Waals surface area (Å²) in [6.07, 6.45) is 0.865. The summed E-state index contributed by atoms with van der Waals surface area (Å²) in [5.74, 6) is 0.935. The number of methoxy groups -OCH3 is 1. The summed E-state index contributed by atoms with van der Waals surface area (Å²) >= 11 is 3.55. The first-order valence-corrected chi connectivity index (χ1v) is 7.48. The summed E-state index contributed by atoms with van der Waals surface area (Å²) in [6.45, 7) is 8.68. The summed E-state index contributed by atoms with van der Waals surface area (Å²) in [5, 5.41) is 3.33. The van der Waals surface area contributed by atoms with Crippen molar-refractivity contribution in [3.8, 4) is 5.75 Å². The largest absolute Gasteiger partial charge is 0.496 e. The van der Waals surface area contributed by atoms with E-state index in [1.807, 2.05) is 0 Å². The third kappa shape index (κ3) is 5.93. The van der Waals surface area contributed by atoms with Gasteiger partial charge in [0.2, 0.25) is 0 Å². The van der Waals surface area contributed by atoms with Crippen LogP contribution in [0.3, 0.4) is 0 Å². The molecule has 4 heteroatoms. The van der Waals surface area contributed by atoms with Crippen LogP contribution in [0.2, 0.25) is 0 Å². The highest BCUT2D eigenvalue weighted by Gasteiger charge is 2.06. The molecule has 0 aliphatic rings. The minimum absolute atomic E-state index is 0.511. The number of aryl methyl sites for hydroxylation is 1. The highest BCUT2D eigenvalue weighted by atomic mass is 79.9. The Hall–Kier alpha value is -0.580. The Kier molecular flexibility index (Phi) is 7.42. The summed E-state index contributed by atoms with van der Waals surface area (Å²) < 4.78 is 12.1. The molecule has 1 aromatic rings. The maximum absolute atomic E-state index is 5.62. The minimum atomic E-state index is 0.511. The van der Waals surface area contributed by atoms with E-state index in [0.717, 1.165) is 29.8 Å². The monoisotopic (exact) mass is 329 g/mol. The summed E-state index contributed by atoms with van der Waals surface area (Å²) in [5.41, 5.74) is 2.36. The van der Waals surface area contributed by atoms with Gasteiger partial charge in [-0.1, -0.05) is 29.8 Å². The van der Waals surface area contributed by atoms with Crippen LogP contribution < -0.4 is 10.1 Å². The van der Waals surface area contributed by atoms with Crippen molar-refractivity contribution in [3.63, 3.8) is 0 Å². The van der Waals surface area contributed by atoms with Crippen molar-refractivity contribution in [1.82, 2.24) is 5.32 Å². The van der Waals surface area contributed by atoms with E-state index in [-0.39, 0.29) is 0 Å². The normalized spacial score (nSPS) is 11.1. The molecule has 19 heavy (non-hydrogen) atoms. The average Bonchev–Trinajstić information content (AvgIpc) is 2.36. The van der Waals surface area contributed by atoms with Gasteiger partial charge in [-0.2, -0.15) is 0 Å². The third-order valence-electron chi connectivity index (χ3n) is 2.88. The first kappa shape index (κ1) is 16.5. The van der Waals surface area contributed by atoms with E-state index in [1.54, 1.807) is 7.11 Å². The lowest BCUT2D eigenvalue weighted by molar-refractivity contribution is 0.137. The fraction of sp³-hybridized carbons (Fsp3) is 0.600. The van der Waals surface area contributed by atoms with Gasteiger partial charge >= 0.3 is 0 Å². The first-order chi connectivity index (χ1) is 9.04. The van der Waals surface area contributed by atoms with Crippen LogP contribution in [-0.2, 0) is 11.2 Å². The van der Waals surface area contributed by atoms with E-state index in [9.17, 15) is 0 Å². The number of benzene rings is 1. The molecule has 1 aromatic carbocycles. The molecule has 0 saturated carbocycles. The Labute approximate surface area is 124 Å². The van der Waals surface area contributed by atoms with Crippen LogP contribution in [0.1, 0.15) is 25.0 Å².